The van der Waals surface area contributed by atoms with E-state index in [-0.39, 0.29) is 18.1 Å². The number of carbonyl (C=O) groups is 1. The third kappa shape index (κ3) is 5.00. The summed E-state index contributed by atoms with van der Waals surface area (Å²) in [5.74, 6) is -0.487. The van der Waals surface area contributed by atoms with Gasteiger partial charge in [0, 0.05) is 35.6 Å². The molecule has 2 heterocycles. The third-order valence-electron chi connectivity index (χ3n) is 5.16. The van der Waals surface area contributed by atoms with E-state index in [1.807, 2.05) is 18.2 Å². The van der Waals surface area contributed by atoms with E-state index in [4.69, 9.17) is 4.74 Å². The Kier molecular flexibility index (Phi) is 6.25. The first kappa shape index (κ1) is 21.2. The number of imidazole rings is 1. The zero-order valence-corrected chi connectivity index (χ0v) is 17.1. The smallest absolute Gasteiger partial charge is 0.304 e. The van der Waals surface area contributed by atoms with Crippen LogP contribution in [0.3, 0.4) is 0 Å². The number of carboxylic acid groups (broad SMARTS) is 1. The SMILES string of the molecule is O=C(O)CC(c1ccc(F)cc1)c1c[nH]c2cc(OCCCNc3ncc(O)[nH]3)ccc12. The predicted octanol–water partition coefficient (Wildman–Crippen LogP) is 4.22. The number of carboxylic acids is 1. The van der Waals surface area contributed by atoms with Crippen LogP contribution in [0.4, 0.5) is 10.3 Å². The lowest BCUT2D eigenvalue weighted by Crippen LogP contribution is -2.08. The molecule has 0 amide bonds. The molecule has 1 unspecified atom stereocenters. The molecule has 0 aliphatic rings. The van der Waals surface area contributed by atoms with Gasteiger partial charge in [0.25, 0.3) is 0 Å². The second-order valence-corrected chi connectivity index (χ2v) is 7.40. The molecule has 166 valence electrons. The summed E-state index contributed by atoms with van der Waals surface area (Å²) in [6.07, 6.45) is 3.75. The van der Waals surface area contributed by atoms with E-state index in [2.05, 4.69) is 20.3 Å². The van der Waals surface area contributed by atoms with Crippen molar-refractivity contribution in [2.24, 2.45) is 0 Å². The molecule has 0 saturated heterocycles. The summed E-state index contributed by atoms with van der Waals surface area (Å²) in [6.45, 7) is 1.10. The second kappa shape index (κ2) is 9.42. The van der Waals surface area contributed by atoms with Crippen LogP contribution in [0.5, 0.6) is 11.6 Å². The minimum atomic E-state index is -0.924. The number of nitrogens with one attached hydrogen (secondary N) is 3. The number of rotatable bonds is 10. The van der Waals surface area contributed by atoms with Crippen molar-refractivity contribution < 1.29 is 24.1 Å². The van der Waals surface area contributed by atoms with Crippen LogP contribution < -0.4 is 10.1 Å². The fourth-order valence-corrected chi connectivity index (χ4v) is 3.65. The Hall–Kier alpha value is -4.01. The Bertz CT molecular complexity index is 1200. The fourth-order valence-electron chi connectivity index (χ4n) is 3.65. The molecular weight excluding hydrogens is 415 g/mol. The summed E-state index contributed by atoms with van der Waals surface area (Å²) in [4.78, 5) is 21.3. The van der Waals surface area contributed by atoms with Crippen molar-refractivity contribution >= 4 is 22.8 Å². The summed E-state index contributed by atoms with van der Waals surface area (Å²) in [5, 5.41) is 22.6. The number of ether oxygens (including phenoxy) is 1. The van der Waals surface area contributed by atoms with E-state index in [0.717, 1.165) is 28.5 Å². The average molecular weight is 438 g/mol. The van der Waals surface area contributed by atoms with E-state index in [1.165, 1.54) is 18.3 Å². The van der Waals surface area contributed by atoms with E-state index >= 15 is 0 Å². The molecule has 4 rings (SSSR count). The molecule has 2 aromatic carbocycles. The van der Waals surface area contributed by atoms with Gasteiger partial charge < -0.3 is 25.3 Å². The first-order valence-electron chi connectivity index (χ1n) is 10.2. The molecular formula is C23H23FN4O4. The number of hydrogen-bond acceptors (Lipinski definition) is 5. The zero-order valence-electron chi connectivity index (χ0n) is 17.1. The Balaban J connectivity index is 1.42. The minimum Gasteiger partial charge on any atom is -0.493 e. The summed E-state index contributed by atoms with van der Waals surface area (Å²) in [5.41, 5.74) is 2.41. The van der Waals surface area contributed by atoms with Gasteiger partial charge in [-0.1, -0.05) is 12.1 Å². The van der Waals surface area contributed by atoms with E-state index in [1.54, 1.807) is 18.3 Å². The fraction of sp³-hybridized carbons (Fsp3) is 0.217. The third-order valence-corrected chi connectivity index (χ3v) is 5.16. The van der Waals surface area contributed by atoms with Crippen molar-refractivity contribution in [2.75, 3.05) is 18.5 Å². The largest absolute Gasteiger partial charge is 0.493 e. The Labute approximate surface area is 183 Å². The highest BCUT2D eigenvalue weighted by Gasteiger charge is 2.21. The standard InChI is InChI=1S/C23H23FN4O4/c24-15-4-2-14(3-5-15)18(11-22(30)31)19-12-26-20-10-16(6-7-17(19)20)32-9-1-8-25-23-27-13-21(29)28-23/h2-7,10,12-13,18,26,29H,1,8-9,11H2,(H,30,31)(H2,25,27,28). The van der Waals surface area contributed by atoms with Crippen molar-refractivity contribution in [3.8, 4) is 11.6 Å². The van der Waals surface area contributed by atoms with Crippen LogP contribution in [-0.4, -0.2) is 44.3 Å². The van der Waals surface area contributed by atoms with Crippen molar-refractivity contribution in [1.29, 1.82) is 0 Å². The molecule has 4 aromatic rings. The van der Waals surface area contributed by atoms with Crippen molar-refractivity contribution in [3.05, 3.63) is 71.8 Å². The number of halogens is 1. The summed E-state index contributed by atoms with van der Waals surface area (Å²) < 4.78 is 19.1. The zero-order chi connectivity index (χ0) is 22.5. The molecule has 9 heteroatoms. The number of H-pyrrole nitrogens is 2. The topological polar surface area (TPSA) is 123 Å². The maximum Gasteiger partial charge on any atom is 0.304 e. The predicted molar refractivity (Wildman–Crippen MR) is 118 cm³/mol. The molecule has 0 bridgehead atoms. The van der Waals surface area contributed by atoms with Gasteiger partial charge in [0.2, 0.25) is 11.8 Å². The number of anilines is 1. The number of aromatic nitrogens is 3. The van der Waals surface area contributed by atoms with Gasteiger partial charge in [-0.3, -0.25) is 9.78 Å². The number of aromatic hydroxyl groups is 1. The highest BCUT2D eigenvalue weighted by Crippen LogP contribution is 2.34. The minimum absolute atomic E-state index is 0.00684. The van der Waals surface area contributed by atoms with E-state index < -0.39 is 11.9 Å². The van der Waals surface area contributed by atoms with E-state index in [0.29, 0.717) is 24.8 Å². The van der Waals surface area contributed by atoms with Crippen LogP contribution in [0, 0.1) is 5.82 Å². The van der Waals surface area contributed by atoms with Crippen molar-refractivity contribution in [2.45, 2.75) is 18.8 Å². The molecule has 32 heavy (non-hydrogen) atoms. The first-order chi connectivity index (χ1) is 15.5. The molecule has 0 radical (unpaired) electrons. The average Bonchev–Trinajstić information content (AvgIpc) is 3.38. The quantitative estimate of drug-likeness (QED) is 0.236. The Morgan fingerprint density at radius 1 is 1.22 bits per heavy atom. The highest BCUT2D eigenvalue weighted by molar-refractivity contribution is 5.86. The van der Waals surface area contributed by atoms with Gasteiger partial charge in [0.05, 0.1) is 19.2 Å². The molecule has 0 aliphatic heterocycles. The van der Waals surface area contributed by atoms with Gasteiger partial charge in [-0.25, -0.2) is 9.37 Å². The summed E-state index contributed by atoms with van der Waals surface area (Å²) in [6, 6.07) is 11.6. The van der Waals surface area contributed by atoms with Gasteiger partial charge in [0.1, 0.15) is 11.6 Å². The lowest BCUT2D eigenvalue weighted by Gasteiger charge is -2.15. The molecule has 0 aliphatic carbocycles. The lowest BCUT2D eigenvalue weighted by molar-refractivity contribution is -0.137. The van der Waals surface area contributed by atoms with Crippen LogP contribution >= 0.6 is 0 Å². The van der Waals surface area contributed by atoms with Crippen LogP contribution in [0.2, 0.25) is 0 Å². The Morgan fingerprint density at radius 3 is 2.75 bits per heavy atom. The maximum atomic E-state index is 13.3. The number of aliphatic carboxylic acids is 1. The molecule has 8 nitrogen and oxygen atoms in total. The van der Waals surface area contributed by atoms with Crippen LogP contribution in [0.15, 0.2) is 54.9 Å². The molecule has 2 aromatic heterocycles. The normalized spacial score (nSPS) is 12.0. The molecule has 0 fully saturated rings. The number of fused-ring (bicyclic) bond motifs is 1. The summed E-state index contributed by atoms with van der Waals surface area (Å²) in [7, 11) is 0. The maximum absolute atomic E-state index is 13.3. The number of hydrogen-bond donors (Lipinski definition) is 5. The van der Waals surface area contributed by atoms with E-state index in [9.17, 15) is 19.4 Å². The number of nitrogens with zero attached hydrogens (tertiary/aromatic N) is 1. The monoisotopic (exact) mass is 438 g/mol. The number of benzene rings is 2. The van der Waals surface area contributed by atoms with Gasteiger partial charge in [-0.05, 0) is 41.8 Å². The van der Waals surface area contributed by atoms with Crippen LogP contribution in [0.1, 0.15) is 29.9 Å². The number of aromatic amines is 2. The van der Waals surface area contributed by atoms with Gasteiger partial charge in [-0.15, -0.1) is 0 Å². The molecule has 0 saturated carbocycles. The summed E-state index contributed by atoms with van der Waals surface area (Å²) >= 11 is 0. The Morgan fingerprint density at radius 2 is 2.03 bits per heavy atom. The first-order valence-corrected chi connectivity index (χ1v) is 10.2. The molecule has 0 spiro atoms. The molecule has 1 atom stereocenters. The lowest BCUT2D eigenvalue weighted by atomic mass is 9.88. The second-order valence-electron chi connectivity index (χ2n) is 7.40. The van der Waals surface area contributed by atoms with Crippen molar-refractivity contribution in [3.63, 3.8) is 0 Å². The van der Waals surface area contributed by atoms with Crippen molar-refractivity contribution in [1.82, 2.24) is 15.0 Å². The highest BCUT2D eigenvalue weighted by atomic mass is 19.1. The van der Waals surface area contributed by atoms with Gasteiger partial charge in [0.15, 0.2) is 0 Å². The van der Waals surface area contributed by atoms with Gasteiger partial charge in [-0.2, -0.15) is 0 Å². The molecule has 5 N–H and O–H groups in total. The van der Waals surface area contributed by atoms with Crippen LogP contribution in [-0.2, 0) is 4.79 Å². The van der Waals surface area contributed by atoms with Crippen LogP contribution in [0.25, 0.3) is 10.9 Å². The van der Waals surface area contributed by atoms with Gasteiger partial charge >= 0.3 is 5.97 Å².